The van der Waals surface area contributed by atoms with E-state index >= 15 is 0 Å². The summed E-state index contributed by atoms with van der Waals surface area (Å²) in [5.74, 6) is -1.43. The standard InChI is InChI=1S/C10H14N2O4/c1-11-7(5-8(13)14)10(16)12-4-2-3-6(12)9(11)15/h6-7H,2-5H2,1H3,(H,13,14)/t6-,7-/m0/s1. The molecule has 2 fully saturated rings. The van der Waals surface area contributed by atoms with Crippen LogP contribution in [0.2, 0.25) is 0 Å². The van der Waals surface area contributed by atoms with E-state index in [4.69, 9.17) is 5.11 Å². The molecule has 6 heteroatoms. The van der Waals surface area contributed by atoms with E-state index in [2.05, 4.69) is 0 Å². The largest absolute Gasteiger partial charge is 0.481 e. The van der Waals surface area contributed by atoms with Gasteiger partial charge in [-0.25, -0.2) is 0 Å². The maximum atomic E-state index is 12.0. The smallest absolute Gasteiger partial charge is 0.305 e. The topological polar surface area (TPSA) is 77.9 Å². The summed E-state index contributed by atoms with van der Waals surface area (Å²) in [6.45, 7) is 0.569. The molecule has 2 aliphatic rings. The zero-order valence-corrected chi connectivity index (χ0v) is 9.05. The Bertz CT molecular complexity index is 355. The van der Waals surface area contributed by atoms with Gasteiger partial charge >= 0.3 is 5.97 Å². The van der Waals surface area contributed by atoms with E-state index in [0.29, 0.717) is 13.0 Å². The maximum Gasteiger partial charge on any atom is 0.305 e. The average molecular weight is 226 g/mol. The minimum atomic E-state index is -1.06. The summed E-state index contributed by atoms with van der Waals surface area (Å²) in [5.41, 5.74) is 0. The average Bonchev–Trinajstić information content (AvgIpc) is 2.70. The van der Waals surface area contributed by atoms with Crippen molar-refractivity contribution in [2.75, 3.05) is 13.6 Å². The van der Waals surface area contributed by atoms with Gasteiger partial charge in [0.15, 0.2) is 0 Å². The van der Waals surface area contributed by atoms with Crippen LogP contribution in [0.25, 0.3) is 0 Å². The second-order valence-electron chi connectivity index (χ2n) is 4.25. The minimum Gasteiger partial charge on any atom is -0.481 e. The minimum absolute atomic E-state index is 0.136. The third-order valence-electron chi connectivity index (χ3n) is 3.29. The van der Waals surface area contributed by atoms with Gasteiger partial charge in [-0.2, -0.15) is 0 Å². The Balaban J connectivity index is 2.23. The Morgan fingerprint density at radius 3 is 2.75 bits per heavy atom. The van der Waals surface area contributed by atoms with Crippen molar-refractivity contribution < 1.29 is 19.5 Å². The number of aliphatic carboxylic acids is 1. The Morgan fingerprint density at radius 1 is 1.44 bits per heavy atom. The highest BCUT2D eigenvalue weighted by molar-refractivity contribution is 5.98. The number of carbonyl (C=O) groups excluding carboxylic acids is 2. The van der Waals surface area contributed by atoms with Gasteiger partial charge in [0.25, 0.3) is 0 Å². The quantitative estimate of drug-likeness (QED) is 0.675. The number of amides is 2. The van der Waals surface area contributed by atoms with Crippen molar-refractivity contribution >= 4 is 17.8 Å². The molecule has 0 aromatic carbocycles. The van der Waals surface area contributed by atoms with Crippen LogP contribution in [0.5, 0.6) is 0 Å². The monoisotopic (exact) mass is 226 g/mol. The summed E-state index contributed by atoms with van der Waals surface area (Å²) >= 11 is 0. The summed E-state index contributed by atoms with van der Waals surface area (Å²) in [6, 6.07) is -1.19. The fourth-order valence-electron chi connectivity index (χ4n) is 2.42. The van der Waals surface area contributed by atoms with Gasteiger partial charge in [0.2, 0.25) is 11.8 Å². The highest BCUT2D eigenvalue weighted by Crippen LogP contribution is 2.26. The number of fused-ring (bicyclic) bond motifs is 1. The van der Waals surface area contributed by atoms with Crippen molar-refractivity contribution in [3.05, 3.63) is 0 Å². The van der Waals surface area contributed by atoms with E-state index in [9.17, 15) is 14.4 Å². The lowest BCUT2D eigenvalue weighted by atomic mass is 10.0. The molecule has 2 aliphatic heterocycles. The third kappa shape index (κ3) is 1.54. The van der Waals surface area contributed by atoms with E-state index in [1.54, 1.807) is 0 Å². The van der Waals surface area contributed by atoms with Crippen LogP contribution in [0.3, 0.4) is 0 Å². The molecule has 2 saturated heterocycles. The van der Waals surface area contributed by atoms with Crippen LogP contribution in [0.1, 0.15) is 19.3 Å². The molecule has 2 heterocycles. The van der Waals surface area contributed by atoms with Gasteiger partial charge in [-0.3, -0.25) is 14.4 Å². The molecule has 2 rings (SSSR count). The predicted molar refractivity (Wildman–Crippen MR) is 53.5 cm³/mol. The van der Waals surface area contributed by atoms with Crippen molar-refractivity contribution in [3.63, 3.8) is 0 Å². The van der Waals surface area contributed by atoms with Crippen LogP contribution < -0.4 is 0 Å². The normalized spacial score (nSPS) is 29.6. The molecule has 0 aliphatic carbocycles. The molecule has 0 radical (unpaired) electrons. The number of piperazine rings is 1. The van der Waals surface area contributed by atoms with Crippen LogP contribution in [-0.4, -0.2) is 58.4 Å². The number of hydrogen-bond acceptors (Lipinski definition) is 3. The van der Waals surface area contributed by atoms with E-state index in [1.807, 2.05) is 0 Å². The fourth-order valence-corrected chi connectivity index (χ4v) is 2.42. The number of carbonyl (C=O) groups is 3. The number of likely N-dealkylation sites (N-methyl/N-ethyl adjacent to an activating group) is 1. The Labute approximate surface area is 92.8 Å². The maximum absolute atomic E-state index is 12.0. The second-order valence-corrected chi connectivity index (χ2v) is 4.25. The van der Waals surface area contributed by atoms with Crippen LogP contribution in [0, 0.1) is 0 Å². The van der Waals surface area contributed by atoms with Gasteiger partial charge in [0.1, 0.15) is 12.1 Å². The Morgan fingerprint density at radius 2 is 2.12 bits per heavy atom. The summed E-state index contributed by atoms with van der Waals surface area (Å²) < 4.78 is 0. The number of carboxylic acid groups (broad SMARTS) is 1. The van der Waals surface area contributed by atoms with Gasteiger partial charge in [-0.15, -0.1) is 0 Å². The van der Waals surface area contributed by atoms with Crippen molar-refractivity contribution in [2.45, 2.75) is 31.3 Å². The molecule has 0 aromatic rings. The first-order chi connectivity index (χ1) is 7.52. The lowest BCUT2D eigenvalue weighted by Gasteiger charge is -2.39. The molecule has 0 aromatic heterocycles. The lowest BCUT2D eigenvalue weighted by Crippen LogP contribution is -2.61. The highest BCUT2D eigenvalue weighted by Gasteiger charge is 2.46. The van der Waals surface area contributed by atoms with Gasteiger partial charge in [0.05, 0.1) is 6.42 Å². The number of carboxylic acids is 1. The van der Waals surface area contributed by atoms with E-state index < -0.39 is 12.0 Å². The summed E-state index contributed by atoms with van der Waals surface area (Å²) in [5, 5.41) is 8.72. The molecule has 16 heavy (non-hydrogen) atoms. The second kappa shape index (κ2) is 3.77. The summed E-state index contributed by atoms with van der Waals surface area (Å²) in [6.07, 6.45) is 1.19. The Kier molecular flexibility index (Phi) is 2.57. The van der Waals surface area contributed by atoms with Gasteiger partial charge in [-0.05, 0) is 12.8 Å². The summed E-state index contributed by atoms with van der Waals surface area (Å²) in [4.78, 5) is 37.3. The molecule has 0 spiro atoms. The molecule has 0 saturated carbocycles. The molecule has 88 valence electrons. The molecule has 0 bridgehead atoms. The molecule has 1 N–H and O–H groups in total. The number of rotatable bonds is 2. The first-order valence-corrected chi connectivity index (χ1v) is 5.31. The van der Waals surface area contributed by atoms with Crippen molar-refractivity contribution in [1.82, 2.24) is 9.80 Å². The van der Waals surface area contributed by atoms with Crippen LogP contribution in [0.4, 0.5) is 0 Å². The van der Waals surface area contributed by atoms with E-state index in [0.717, 1.165) is 6.42 Å². The predicted octanol–water partition coefficient (Wildman–Crippen LogP) is -0.707. The SMILES string of the molecule is CN1C(=O)[C@@H]2CCCN2C(=O)[C@@H]1CC(=O)O. The molecule has 6 nitrogen and oxygen atoms in total. The Hall–Kier alpha value is -1.59. The fraction of sp³-hybridized carbons (Fsp3) is 0.700. The zero-order valence-electron chi connectivity index (χ0n) is 9.05. The van der Waals surface area contributed by atoms with Crippen molar-refractivity contribution in [2.24, 2.45) is 0 Å². The third-order valence-corrected chi connectivity index (χ3v) is 3.29. The van der Waals surface area contributed by atoms with Gasteiger partial charge < -0.3 is 14.9 Å². The van der Waals surface area contributed by atoms with Crippen LogP contribution in [0.15, 0.2) is 0 Å². The number of nitrogens with zero attached hydrogens (tertiary/aromatic N) is 2. The zero-order chi connectivity index (χ0) is 11.9. The van der Waals surface area contributed by atoms with Crippen molar-refractivity contribution in [3.8, 4) is 0 Å². The molecular formula is C10H14N2O4. The van der Waals surface area contributed by atoms with Gasteiger partial charge in [-0.1, -0.05) is 0 Å². The van der Waals surface area contributed by atoms with E-state index in [1.165, 1.54) is 16.8 Å². The lowest BCUT2D eigenvalue weighted by molar-refractivity contribution is -0.160. The molecule has 0 unspecified atom stereocenters. The number of hydrogen-bond donors (Lipinski definition) is 1. The molecule has 2 atom stereocenters. The van der Waals surface area contributed by atoms with Crippen molar-refractivity contribution in [1.29, 1.82) is 0 Å². The first kappa shape index (κ1) is 10.9. The summed E-state index contributed by atoms with van der Waals surface area (Å²) in [7, 11) is 1.50. The van der Waals surface area contributed by atoms with Gasteiger partial charge in [0, 0.05) is 13.6 Å². The molecular weight excluding hydrogens is 212 g/mol. The van der Waals surface area contributed by atoms with Crippen LogP contribution >= 0.6 is 0 Å². The highest BCUT2D eigenvalue weighted by atomic mass is 16.4. The van der Waals surface area contributed by atoms with Crippen LogP contribution in [-0.2, 0) is 14.4 Å². The van der Waals surface area contributed by atoms with E-state index in [-0.39, 0.29) is 24.3 Å². The molecule has 2 amide bonds. The first-order valence-electron chi connectivity index (χ1n) is 5.31.